The average Bonchev–Trinajstić information content (AvgIpc) is 3.66. The highest BCUT2D eigenvalue weighted by Crippen LogP contribution is 2.43. The zero-order chi connectivity index (χ0) is 24.7. The highest BCUT2D eigenvalue weighted by atomic mass is 16.6. The number of amides is 1. The van der Waals surface area contributed by atoms with Crippen molar-refractivity contribution in [1.82, 2.24) is 20.4 Å². The van der Waals surface area contributed by atoms with Crippen molar-refractivity contribution in [3.8, 4) is 11.3 Å². The molecule has 1 saturated carbocycles. The second kappa shape index (κ2) is 9.27. The molecule has 2 saturated heterocycles. The number of ether oxygens (including phenoxy) is 2. The van der Waals surface area contributed by atoms with Crippen LogP contribution in [0.3, 0.4) is 0 Å². The molecular weight excluding hydrogens is 460 g/mol. The lowest BCUT2D eigenvalue weighted by Gasteiger charge is -2.36. The SMILES string of the molecule is CONC(=O)c1cccc(-c2ccc3c(N4CCOC[C@@H]4C)nc(N4CCOC5(CC5)C4)nc3n2)c1. The predicted molar refractivity (Wildman–Crippen MR) is 135 cm³/mol. The molecule has 1 atom stereocenters. The summed E-state index contributed by atoms with van der Waals surface area (Å²) >= 11 is 0. The number of hydrogen-bond acceptors (Lipinski definition) is 9. The Morgan fingerprint density at radius 1 is 1.14 bits per heavy atom. The van der Waals surface area contributed by atoms with Gasteiger partial charge in [0, 0.05) is 30.8 Å². The van der Waals surface area contributed by atoms with Crippen molar-refractivity contribution in [1.29, 1.82) is 0 Å². The minimum Gasteiger partial charge on any atom is -0.377 e. The summed E-state index contributed by atoms with van der Waals surface area (Å²) < 4.78 is 11.7. The quantitative estimate of drug-likeness (QED) is 0.541. The van der Waals surface area contributed by atoms with Gasteiger partial charge in [-0.1, -0.05) is 12.1 Å². The fraction of sp³-hybridized carbons (Fsp3) is 0.462. The number of carbonyl (C=O) groups excluding carboxylic acids is 1. The predicted octanol–water partition coefficient (Wildman–Crippen LogP) is 2.58. The maximum absolute atomic E-state index is 12.3. The first-order valence-corrected chi connectivity index (χ1v) is 12.4. The van der Waals surface area contributed by atoms with Crippen LogP contribution in [0.5, 0.6) is 0 Å². The van der Waals surface area contributed by atoms with Gasteiger partial charge in [-0.3, -0.25) is 9.63 Å². The monoisotopic (exact) mass is 490 g/mol. The standard InChI is InChI=1S/C26H30N6O4/c1-17-15-35-12-11-32(17)23-20-6-7-21(18-4-3-5-19(14-18)24(33)30-34-2)27-22(20)28-25(29-23)31-10-13-36-26(16-31)8-9-26/h3-7,14,17H,8-13,15-16H2,1-2H3,(H,30,33)/t17-/m0/s1. The third-order valence-corrected chi connectivity index (χ3v) is 7.12. The smallest absolute Gasteiger partial charge is 0.274 e. The number of pyridine rings is 1. The molecule has 1 aliphatic carbocycles. The second-order valence-corrected chi connectivity index (χ2v) is 9.70. The molecule has 1 amide bonds. The minimum absolute atomic E-state index is 0.0402. The average molecular weight is 491 g/mol. The summed E-state index contributed by atoms with van der Waals surface area (Å²) in [6.45, 7) is 6.46. The lowest BCUT2D eigenvalue weighted by atomic mass is 10.1. The molecule has 6 rings (SSSR count). The zero-order valence-electron chi connectivity index (χ0n) is 20.6. The molecule has 0 radical (unpaired) electrons. The number of benzene rings is 1. The highest BCUT2D eigenvalue weighted by molar-refractivity contribution is 5.95. The fourth-order valence-corrected chi connectivity index (χ4v) is 4.97. The first kappa shape index (κ1) is 23.1. The molecule has 188 valence electrons. The Balaban J connectivity index is 1.43. The molecular formula is C26H30N6O4. The van der Waals surface area contributed by atoms with Crippen LogP contribution in [0.1, 0.15) is 30.1 Å². The number of nitrogens with one attached hydrogen (secondary N) is 1. The van der Waals surface area contributed by atoms with Crippen molar-refractivity contribution in [3.05, 3.63) is 42.0 Å². The summed E-state index contributed by atoms with van der Waals surface area (Å²) in [5.74, 6) is 1.26. The van der Waals surface area contributed by atoms with Crippen molar-refractivity contribution >= 4 is 28.7 Å². The topological polar surface area (TPSA) is 102 Å². The number of anilines is 2. The van der Waals surface area contributed by atoms with Crippen LogP contribution in [0, 0.1) is 0 Å². The van der Waals surface area contributed by atoms with Crippen LogP contribution in [0.25, 0.3) is 22.3 Å². The molecule has 0 unspecified atom stereocenters. The minimum atomic E-state index is -0.310. The van der Waals surface area contributed by atoms with Gasteiger partial charge in [0.25, 0.3) is 5.91 Å². The van der Waals surface area contributed by atoms with Crippen LogP contribution in [-0.4, -0.2) is 79.1 Å². The van der Waals surface area contributed by atoms with Crippen molar-refractivity contribution in [2.45, 2.75) is 31.4 Å². The van der Waals surface area contributed by atoms with E-state index >= 15 is 0 Å². The fourth-order valence-electron chi connectivity index (χ4n) is 4.97. The van der Waals surface area contributed by atoms with Crippen molar-refractivity contribution in [2.24, 2.45) is 0 Å². The summed E-state index contributed by atoms with van der Waals surface area (Å²) in [4.78, 5) is 36.5. The molecule has 2 aliphatic heterocycles. The van der Waals surface area contributed by atoms with Gasteiger partial charge >= 0.3 is 0 Å². The molecule has 4 heterocycles. The maximum atomic E-state index is 12.3. The van der Waals surface area contributed by atoms with Gasteiger partial charge in [-0.05, 0) is 44.0 Å². The Labute approximate surface area is 209 Å². The van der Waals surface area contributed by atoms with Gasteiger partial charge in [0.05, 0.1) is 49.7 Å². The van der Waals surface area contributed by atoms with E-state index in [0.29, 0.717) is 37.0 Å². The third-order valence-electron chi connectivity index (χ3n) is 7.12. The van der Waals surface area contributed by atoms with Crippen LogP contribution in [0.15, 0.2) is 36.4 Å². The second-order valence-electron chi connectivity index (χ2n) is 9.70. The van der Waals surface area contributed by atoms with Crippen LogP contribution < -0.4 is 15.3 Å². The van der Waals surface area contributed by atoms with Gasteiger partial charge < -0.3 is 19.3 Å². The Morgan fingerprint density at radius 3 is 2.83 bits per heavy atom. The number of fused-ring (bicyclic) bond motifs is 1. The number of hydroxylamine groups is 1. The molecule has 0 bridgehead atoms. The summed E-state index contributed by atoms with van der Waals surface area (Å²) in [5, 5.41) is 0.902. The summed E-state index contributed by atoms with van der Waals surface area (Å²) in [6, 6.07) is 11.5. The van der Waals surface area contributed by atoms with Gasteiger partial charge in [0.1, 0.15) is 5.82 Å². The van der Waals surface area contributed by atoms with E-state index < -0.39 is 0 Å². The van der Waals surface area contributed by atoms with E-state index in [-0.39, 0.29) is 17.6 Å². The summed E-state index contributed by atoms with van der Waals surface area (Å²) in [7, 11) is 1.41. The molecule has 2 aromatic heterocycles. The lowest BCUT2D eigenvalue weighted by Crippen LogP contribution is -2.46. The number of nitrogens with zero attached hydrogens (tertiary/aromatic N) is 5. The summed E-state index contributed by atoms with van der Waals surface area (Å²) in [6.07, 6.45) is 2.17. The van der Waals surface area contributed by atoms with E-state index in [1.807, 2.05) is 24.3 Å². The van der Waals surface area contributed by atoms with E-state index in [4.69, 9.17) is 29.3 Å². The molecule has 36 heavy (non-hydrogen) atoms. The number of hydrogen-bond donors (Lipinski definition) is 1. The molecule has 1 aromatic carbocycles. The molecule has 10 heteroatoms. The van der Waals surface area contributed by atoms with Crippen LogP contribution in [-0.2, 0) is 14.3 Å². The highest BCUT2D eigenvalue weighted by Gasteiger charge is 2.48. The third kappa shape index (κ3) is 4.36. The molecule has 10 nitrogen and oxygen atoms in total. The van der Waals surface area contributed by atoms with Crippen molar-refractivity contribution in [3.63, 3.8) is 0 Å². The van der Waals surface area contributed by atoms with Gasteiger partial charge in [-0.2, -0.15) is 9.97 Å². The Hall–Kier alpha value is -3.34. The number of aromatic nitrogens is 3. The van der Waals surface area contributed by atoms with E-state index in [1.165, 1.54) is 7.11 Å². The molecule has 3 aromatic rings. The van der Waals surface area contributed by atoms with Crippen LogP contribution >= 0.6 is 0 Å². The van der Waals surface area contributed by atoms with Gasteiger partial charge in [0.2, 0.25) is 5.95 Å². The van der Waals surface area contributed by atoms with Crippen molar-refractivity contribution in [2.75, 3.05) is 56.4 Å². The number of carbonyl (C=O) groups is 1. The zero-order valence-corrected chi connectivity index (χ0v) is 20.6. The first-order chi connectivity index (χ1) is 17.5. The van der Waals surface area contributed by atoms with E-state index in [1.54, 1.807) is 12.1 Å². The van der Waals surface area contributed by atoms with Crippen LogP contribution in [0.2, 0.25) is 0 Å². The van der Waals surface area contributed by atoms with E-state index in [9.17, 15) is 4.79 Å². The van der Waals surface area contributed by atoms with E-state index in [2.05, 4.69) is 22.2 Å². The van der Waals surface area contributed by atoms with Crippen molar-refractivity contribution < 1.29 is 19.1 Å². The first-order valence-electron chi connectivity index (χ1n) is 12.4. The maximum Gasteiger partial charge on any atom is 0.274 e. The Bertz CT molecular complexity index is 1300. The van der Waals surface area contributed by atoms with E-state index in [0.717, 1.165) is 54.9 Å². The van der Waals surface area contributed by atoms with Gasteiger partial charge in [0.15, 0.2) is 5.65 Å². The van der Waals surface area contributed by atoms with Gasteiger partial charge in [-0.25, -0.2) is 10.5 Å². The Kier molecular flexibility index (Phi) is 5.94. The number of morpholine rings is 2. The van der Waals surface area contributed by atoms with Gasteiger partial charge in [-0.15, -0.1) is 0 Å². The molecule has 3 aliphatic rings. The number of rotatable bonds is 5. The molecule has 1 N–H and O–H groups in total. The largest absolute Gasteiger partial charge is 0.377 e. The normalized spacial score (nSPS) is 21.1. The Morgan fingerprint density at radius 2 is 2.03 bits per heavy atom. The molecule has 1 spiro atoms. The summed E-state index contributed by atoms with van der Waals surface area (Å²) in [5.41, 5.74) is 5.01. The van der Waals surface area contributed by atoms with Crippen LogP contribution in [0.4, 0.5) is 11.8 Å². The lowest BCUT2D eigenvalue weighted by molar-refractivity contribution is 0.0201. The molecule has 3 fully saturated rings.